The fourth-order valence-corrected chi connectivity index (χ4v) is 4.66. The predicted molar refractivity (Wildman–Crippen MR) is 121 cm³/mol. The average Bonchev–Trinajstić information content (AvgIpc) is 2.82. The van der Waals surface area contributed by atoms with Crippen molar-refractivity contribution in [2.75, 3.05) is 44.6 Å². The summed E-state index contributed by atoms with van der Waals surface area (Å²) in [5, 5.41) is 12.5. The van der Waals surface area contributed by atoms with Crippen molar-refractivity contribution < 1.29 is 19.0 Å². The summed E-state index contributed by atoms with van der Waals surface area (Å²) < 4.78 is 16.3. The smallest absolute Gasteiger partial charge is 0.258 e. The molecule has 2 aromatic rings. The van der Waals surface area contributed by atoms with E-state index in [-0.39, 0.29) is 11.4 Å². The molecule has 1 amide bonds. The number of piperidine rings is 1. The Morgan fingerprint density at radius 3 is 2.45 bits per heavy atom. The molecule has 0 radical (unpaired) electrons. The molecule has 2 N–H and O–H groups in total. The molecule has 1 saturated heterocycles. The number of amides is 1. The van der Waals surface area contributed by atoms with Crippen LogP contribution in [0.5, 0.6) is 17.2 Å². The van der Waals surface area contributed by atoms with Gasteiger partial charge in [0.1, 0.15) is 17.5 Å². The predicted octanol–water partition coefficient (Wildman–Crippen LogP) is 2.26. The van der Waals surface area contributed by atoms with Crippen LogP contribution < -0.4 is 30.0 Å². The van der Waals surface area contributed by atoms with Crippen molar-refractivity contribution in [2.45, 2.75) is 25.7 Å². The number of hydrogen-bond acceptors (Lipinski definition) is 8. The van der Waals surface area contributed by atoms with Gasteiger partial charge in [-0.2, -0.15) is 10.2 Å². The molecule has 0 saturated carbocycles. The maximum Gasteiger partial charge on any atom is 0.258 e. The van der Waals surface area contributed by atoms with Gasteiger partial charge in [0.25, 0.3) is 5.56 Å². The minimum atomic E-state index is -1.16. The molecule has 0 bridgehead atoms. The summed E-state index contributed by atoms with van der Waals surface area (Å²) in [6.45, 7) is 3.69. The van der Waals surface area contributed by atoms with E-state index >= 15 is 0 Å². The van der Waals surface area contributed by atoms with Crippen LogP contribution in [0.4, 0.5) is 11.8 Å². The van der Waals surface area contributed by atoms with E-state index in [4.69, 9.17) is 14.2 Å². The highest BCUT2D eigenvalue weighted by Crippen LogP contribution is 2.45. The number of nitriles is 1. The first-order chi connectivity index (χ1) is 15.9. The molecule has 3 atom stereocenters. The highest BCUT2D eigenvalue weighted by Gasteiger charge is 2.42. The second kappa shape index (κ2) is 9.02. The molecule has 1 aromatic carbocycles. The highest BCUT2D eigenvalue weighted by atomic mass is 16.5. The zero-order valence-corrected chi connectivity index (χ0v) is 19.1. The summed E-state index contributed by atoms with van der Waals surface area (Å²) in [5.74, 6) is -0.359. The van der Waals surface area contributed by atoms with Crippen LogP contribution in [0, 0.1) is 23.2 Å². The van der Waals surface area contributed by atoms with Gasteiger partial charge in [0.15, 0.2) is 11.5 Å². The number of anilines is 2. The molecule has 2 aliphatic heterocycles. The topological polar surface area (TPSA) is 130 Å². The van der Waals surface area contributed by atoms with Crippen LogP contribution in [0.3, 0.4) is 0 Å². The van der Waals surface area contributed by atoms with Gasteiger partial charge >= 0.3 is 0 Å². The highest BCUT2D eigenvalue weighted by molar-refractivity contribution is 5.98. The SMILES string of the molecule is COc1cc(OC)c(C2c3c(nc(N4CCCC(C)C4)[nH]c3=O)NC(=O)C2C#N)cc1OC. The van der Waals surface area contributed by atoms with Crippen LogP contribution in [0.25, 0.3) is 0 Å². The van der Waals surface area contributed by atoms with Crippen molar-refractivity contribution in [3.05, 3.63) is 33.6 Å². The fourth-order valence-electron chi connectivity index (χ4n) is 4.66. The third-order valence-electron chi connectivity index (χ3n) is 6.28. The van der Waals surface area contributed by atoms with Crippen molar-refractivity contribution in [1.29, 1.82) is 5.26 Å². The van der Waals surface area contributed by atoms with E-state index in [2.05, 4.69) is 22.2 Å². The molecular formula is C23H27N5O5. The fraction of sp³-hybridized carbons (Fsp3) is 0.478. The molecule has 10 heteroatoms. The van der Waals surface area contributed by atoms with Gasteiger partial charge in [-0.05, 0) is 24.8 Å². The number of carbonyl (C=O) groups is 1. The van der Waals surface area contributed by atoms with Crippen LogP contribution in [0.1, 0.15) is 36.8 Å². The van der Waals surface area contributed by atoms with Gasteiger partial charge in [0, 0.05) is 30.6 Å². The maximum atomic E-state index is 13.4. The summed E-state index contributed by atoms with van der Waals surface area (Å²) in [6.07, 6.45) is 2.11. The summed E-state index contributed by atoms with van der Waals surface area (Å²) in [4.78, 5) is 35.7. The van der Waals surface area contributed by atoms with Crippen LogP contribution in [0.15, 0.2) is 16.9 Å². The monoisotopic (exact) mass is 453 g/mol. The summed E-state index contributed by atoms with van der Waals surface area (Å²) >= 11 is 0. The normalized spacial score (nSPS) is 22.1. The van der Waals surface area contributed by atoms with Crippen LogP contribution in [-0.2, 0) is 4.79 Å². The second-order valence-electron chi connectivity index (χ2n) is 8.37. The van der Waals surface area contributed by atoms with Crippen molar-refractivity contribution >= 4 is 17.7 Å². The number of carbonyl (C=O) groups excluding carboxylic acids is 1. The number of benzene rings is 1. The minimum Gasteiger partial charge on any atom is -0.496 e. The number of aromatic nitrogens is 2. The van der Waals surface area contributed by atoms with E-state index in [1.165, 1.54) is 21.3 Å². The van der Waals surface area contributed by atoms with Crippen LogP contribution in [0.2, 0.25) is 0 Å². The molecular weight excluding hydrogens is 426 g/mol. The minimum absolute atomic E-state index is 0.158. The van der Waals surface area contributed by atoms with E-state index in [1.54, 1.807) is 12.1 Å². The molecule has 0 aliphatic carbocycles. The number of rotatable bonds is 5. The largest absolute Gasteiger partial charge is 0.496 e. The maximum absolute atomic E-state index is 13.4. The molecule has 2 aliphatic rings. The molecule has 1 fully saturated rings. The molecule has 174 valence electrons. The lowest BCUT2D eigenvalue weighted by Crippen LogP contribution is -2.41. The lowest BCUT2D eigenvalue weighted by molar-refractivity contribution is -0.119. The number of ether oxygens (including phenoxy) is 3. The third-order valence-corrected chi connectivity index (χ3v) is 6.28. The number of H-pyrrole nitrogens is 1. The number of nitrogens with one attached hydrogen (secondary N) is 2. The molecule has 4 rings (SSSR count). The Bertz CT molecular complexity index is 1170. The number of aromatic amines is 1. The Labute approximate surface area is 191 Å². The van der Waals surface area contributed by atoms with Crippen LogP contribution in [-0.4, -0.2) is 50.3 Å². The Hall–Kier alpha value is -3.74. The first-order valence-electron chi connectivity index (χ1n) is 10.8. The van der Waals surface area contributed by atoms with Gasteiger partial charge in [-0.25, -0.2) is 0 Å². The van der Waals surface area contributed by atoms with E-state index in [0.29, 0.717) is 34.7 Å². The Morgan fingerprint density at radius 2 is 1.82 bits per heavy atom. The summed E-state index contributed by atoms with van der Waals surface area (Å²) in [7, 11) is 4.45. The molecule has 0 spiro atoms. The van der Waals surface area contributed by atoms with E-state index in [0.717, 1.165) is 25.9 Å². The zero-order valence-electron chi connectivity index (χ0n) is 19.1. The van der Waals surface area contributed by atoms with Gasteiger partial charge in [-0.15, -0.1) is 0 Å². The lowest BCUT2D eigenvalue weighted by atomic mass is 9.78. The third kappa shape index (κ3) is 3.95. The average molecular weight is 453 g/mol. The molecule has 1 aromatic heterocycles. The number of hydrogen-bond donors (Lipinski definition) is 2. The van der Waals surface area contributed by atoms with E-state index < -0.39 is 23.3 Å². The lowest BCUT2D eigenvalue weighted by Gasteiger charge is -2.33. The second-order valence-corrected chi connectivity index (χ2v) is 8.37. The number of fused-ring (bicyclic) bond motifs is 1. The first kappa shape index (κ1) is 22.5. The van der Waals surface area contributed by atoms with Crippen molar-refractivity contribution in [3.8, 4) is 23.3 Å². The van der Waals surface area contributed by atoms with Crippen molar-refractivity contribution in [3.63, 3.8) is 0 Å². The Balaban J connectivity index is 1.89. The molecule has 3 unspecified atom stereocenters. The standard InChI is InChI=1S/C23H27N5O5/c1-12-6-5-7-28(11-12)23-26-20-19(22(30)27-23)18(14(10-24)21(29)25-20)13-8-16(32-3)17(33-4)9-15(13)31-2/h8-9,12,14,18H,5-7,11H2,1-4H3,(H2,25,26,27,29,30). The van der Waals surface area contributed by atoms with Gasteiger partial charge in [0.2, 0.25) is 11.9 Å². The number of methoxy groups -OCH3 is 3. The van der Waals surface area contributed by atoms with Crippen LogP contribution >= 0.6 is 0 Å². The summed E-state index contributed by atoms with van der Waals surface area (Å²) in [5.41, 5.74) is 0.264. The summed E-state index contributed by atoms with van der Waals surface area (Å²) in [6, 6.07) is 5.29. The van der Waals surface area contributed by atoms with Gasteiger partial charge in [-0.1, -0.05) is 6.92 Å². The van der Waals surface area contributed by atoms with Gasteiger partial charge in [-0.3, -0.25) is 14.6 Å². The zero-order chi connectivity index (χ0) is 23.7. The Kier molecular flexibility index (Phi) is 6.14. The quantitative estimate of drug-likeness (QED) is 0.705. The van der Waals surface area contributed by atoms with E-state index in [9.17, 15) is 14.9 Å². The van der Waals surface area contributed by atoms with E-state index in [1.807, 2.05) is 11.0 Å². The Morgan fingerprint density at radius 1 is 1.12 bits per heavy atom. The first-order valence-corrected chi connectivity index (χ1v) is 10.8. The molecule has 33 heavy (non-hydrogen) atoms. The van der Waals surface area contributed by atoms with Gasteiger partial charge < -0.3 is 24.4 Å². The number of nitrogens with zero attached hydrogens (tertiary/aromatic N) is 3. The molecule has 3 heterocycles. The molecule has 10 nitrogen and oxygen atoms in total. The van der Waals surface area contributed by atoms with Crippen molar-refractivity contribution in [1.82, 2.24) is 9.97 Å². The van der Waals surface area contributed by atoms with Crippen molar-refractivity contribution in [2.24, 2.45) is 11.8 Å². The van der Waals surface area contributed by atoms with Gasteiger partial charge in [0.05, 0.1) is 33.0 Å².